The number of rotatable bonds is 5. The van der Waals surface area contributed by atoms with Crippen molar-refractivity contribution in [3.63, 3.8) is 0 Å². The molecule has 0 saturated carbocycles. The van der Waals surface area contributed by atoms with Crippen molar-refractivity contribution in [3.8, 4) is 17.2 Å². The number of aliphatic hydroxyl groups is 1. The van der Waals surface area contributed by atoms with Crippen LogP contribution < -0.4 is 19.1 Å². The molecule has 1 aromatic heterocycles. The van der Waals surface area contributed by atoms with E-state index < -0.39 is 17.7 Å². The second-order valence-corrected chi connectivity index (χ2v) is 9.34. The molecule has 2 aliphatic rings. The third kappa shape index (κ3) is 4.02. The molecule has 192 valence electrons. The van der Waals surface area contributed by atoms with Crippen LogP contribution in [0.5, 0.6) is 17.2 Å². The number of benzene rings is 3. The van der Waals surface area contributed by atoms with Gasteiger partial charge in [-0.05, 0) is 61.9 Å². The molecule has 9 heteroatoms. The number of imidazole rings is 1. The van der Waals surface area contributed by atoms with Crippen LogP contribution in [0.3, 0.4) is 0 Å². The molecule has 1 amide bonds. The number of carbonyl (C=O) groups excluding carboxylic acids is 2. The Morgan fingerprint density at radius 2 is 1.76 bits per heavy atom. The number of amides is 1. The predicted octanol–water partition coefficient (Wildman–Crippen LogP) is 4.75. The fourth-order valence-corrected chi connectivity index (χ4v) is 4.77. The van der Waals surface area contributed by atoms with Gasteiger partial charge in [-0.1, -0.05) is 24.3 Å². The van der Waals surface area contributed by atoms with Crippen molar-refractivity contribution < 1.29 is 28.9 Å². The van der Waals surface area contributed by atoms with E-state index in [0.717, 1.165) is 5.52 Å². The lowest BCUT2D eigenvalue weighted by atomic mass is 9.95. The summed E-state index contributed by atoms with van der Waals surface area (Å²) in [5.74, 6) is -0.0582. The highest BCUT2D eigenvalue weighted by Gasteiger charge is 2.48. The lowest BCUT2D eigenvalue weighted by molar-refractivity contribution is -0.132. The summed E-state index contributed by atoms with van der Waals surface area (Å²) in [6.07, 6.45) is -0.0164. The number of nitrogens with one attached hydrogen (secondary N) is 1. The van der Waals surface area contributed by atoms with Crippen LogP contribution in [0.25, 0.3) is 16.8 Å². The van der Waals surface area contributed by atoms with Gasteiger partial charge in [0.25, 0.3) is 5.78 Å². The smallest absolute Gasteiger partial charge is 0.302 e. The highest BCUT2D eigenvalue weighted by atomic mass is 16.6. The molecule has 4 aromatic rings. The van der Waals surface area contributed by atoms with Crippen LogP contribution in [0.15, 0.2) is 72.3 Å². The van der Waals surface area contributed by atoms with Crippen molar-refractivity contribution in [1.29, 1.82) is 0 Å². The van der Waals surface area contributed by atoms with Gasteiger partial charge < -0.3 is 24.3 Å². The maximum absolute atomic E-state index is 13.5. The van der Waals surface area contributed by atoms with Gasteiger partial charge in [0.1, 0.15) is 24.7 Å². The molecule has 2 N–H and O–H groups in total. The minimum absolute atomic E-state index is 0.0164. The fourth-order valence-electron chi connectivity index (χ4n) is 4.77. The summed E-state index contributed by atoms with van der Waals surface area (Å²) in [4.78, 5) is 35.9. The summed E-state index contributed by atoms with van der Waals surface area (Å²) in [6.45, 7) is 4.66. The average molecular weight is 512 g/mol. The lowest BCUT2D eigenvalue weighted by Crippen LogP contribution is -2.30. The van der Waals surface area contributed by atoms with Crippen LogP contribution in [0.4, 0.5) is 5.95 Å². The van der Waals surface area contributed by atoms with Gasteiger partial charge >= 0.3 is 5.91 Å². The molecule has 0 spiro atoms. The van der Waals surface area contributed by atoms with Gasteiger partial charge in [0.2, 0.25) is 5.95 Å². The summed E-state index contributed by atoms with van der Waals surface area (Å²) in [5, 5.41) is 11.4. The first-order valence-electron chi connectivity index (χ1n) is 12.3. The number of hydrogen-bond donors (Lipinski definition) is 2. The van der Waals surface area contributed by atoms with Gasteiger partial charge in [0, 0.05) is 5.56 Å². The van der Waals surface area contributed by atoms with Crippen LogP contribution in [0, 0.1) is 0 Å². The summed E-state index contributed by atoms with van der Waals surface area (Å²) in [7, 11) is 0. The van der Waals surface area contributed by atoms with Gasteiger partial charge in [0.15, 0.2) is 11.5 Å². The highest BCUT2D eigenvalue weighted by Crippen LogP contribution is 2.43. The topological polar surface area (TPSA) is 114 Å². The molecule has 38 heavy (non-hydrogen) atoms. The number of ether oxygens (including phenoxy) is 3. The van der Waals surface area contributed by atoms with Crippen LogP contribution >= 0.6 is 0 Å². The van der Waals surface area contributed by atoms with E-state index in [1.165, 1.54) is 4.90 Å². The van der Waals surface area contributed by atoms with Crippen molar-refractivity contribution >= 4 is 34.4 Å². The Morgan fingerprint density at radius 3 is 2.50 bits per heavy atom. The molecular weight excluding hydrogens is 486 g/mol. The van der Waals surface area contributed by atoms with E-state index in [2.05, 4.69) is 9.97 Å². The number of nitrogens with zero attached hydrogens (tertiary/aromatic N) is 2. The zero-order valence-electron chi connectivity index (χ0n) is 20.8. The minimum atomic E-state index is -0.933. The van der Waals surface area contributed by atoms with E-state index in [9.17, 15) is 14.7 Å². The quantitative estimate of drug-likeness (QED) is 0.226. The van der Waals surface area contributed by atoms with Crippen molar-refractivity contribution in [3.05, 3.63) is 83.4 Å². The predicted molar refractivity (Wildman–Crippen MR) is 141 cm³/mol. The molecule has 3 heterocycles. The molecule has 0 bridgehead atoms. The Bertz CT molecular complexity index is 1550. The van der Waals surface area contributed by atoms with Gasteiger partial charge in [-0.3, -0.25) is 14.5 Å². The number of anilines is 1. The number of aliphatic hydroxyl groups excluding tert-OH is 1. The minimum Gasteiger partial charge on any atom is -0.507 e. The Balaban J connectivity index is 1.51. The van der Waals surface area contributed by atoms with Gasteiger partial charge in [-0.25, -0.2) is 4.98 Å². The molecule has 1 atom stereocenters. The number of H-pyrrole nitrogens is 1. The van der Waals surface area contributed by atoms with Crippen LogP contribution in [0.2, 0.25) is 0 Å². The molecule has 0 radical (unpaired) electrons. The Hall–Kier alpha value is -4.79. The summed E-state index contributed by atoms with van der Waals surface area (Å²) >= 11 is 0. The summed E-state index contributed by atoms with van der Waals surface area (Å²) in [6, 6.07) is 18.4. The number of carbonyl (C=O) groups is 2. The van der Waals surface area contributed by atoms with Gasteiger partial charge in [-0.2, -0.15) is 0 Å². The van der Waals surface area contributed by atoms with E-state index in [-0.39, 0.29) is 23.4 Å². The van der Waals surface area contributed by atoms with Crippen molar-refractivity contribution in [2.45, 2.75) is 26.0 Å². The largest absolute Gasteiger partial charge is 0.507 e. The zero-order valence-corrected chi connectivity index (χ0v) is 20.8. The second kappa shape index (κ2) is 9.26. The lowest BCUT2D eigenvalue weighted by Gasteiger charge is -2.23. The first kappa shape index (κ1) is 23.6. The molecule has 2 aliphatic heterocycles. The van der Waals surface area contributed by atoms with Crippen molar-refractivity contribution in [2.75, 3.05) is 18.1 Å². The second-order valence-electron chi connectivity index (χ2n) is 9.34. The number of aromatic nitrogens is 2. The normalized spacial score (nSPS) is 18.4. The van der Waals surface area contributed by atoms with E-state index in [0.29, 0.717) is 47.1 Å². The van der Waals surface area contributed by atoms with E-state index in [1.807, 2.05) is 38.1 Å². The number of ketones is 1. The standard InChI is InChI=1S/C29H25N3O6/c1-16(2)38-19-10-7-17(8-11-19)25-24(26(33)18-9-12-22-23(15-18)37-14-13-36-22)27(34)28(35)32(25)29-30-20-5-3-4-6-21(20)31-29/h3-12,15-16,25,33H,13-14H2,1-2H3,(H,30,31)/b26-24+. The van der Waals surface area contributed by atoms with Crippen LogP contribution in [-0.4, -0.2) is 46.1 Å². The van der Waals surface area contributed by atoms with E-state index >= 15 is 0 Å². The maximum Gasteiger partial charge on any atom is 0.302 e. The molecule has 0 aliphatic carbocycles. The Labute approximate surface area is 218 Å². The molecule has 1 fully saturated rings. The SMILES string of the molecule is CC(C)Oc1ccc(C2/C(=C(\O)c3ccc4c(c3)OCCO4)C(=O)C(=O)N2c2nc3ccccc3[nH]2)cc1. The van der Waals surface area contributed by atoms with Crippen LogP contribution in [0.1, 0.15) is 31.0 Å². The van der Waals surface area contributed by atoms with Crippen molar-refractivity contribution in [2.24, 2.45) is 0 Å². The zero-order chi connectivity index (χ0) is 26.4. The Morgan fingerprint density at radius 1 is 1.03 bits per heavy atom. The van der Waals surface area contributed by atoms with Crippen molar-refractivity contribution in [1.82, 2.24) is 9.97 Å². The molecule has 1 saturated heterocycles. The summed E-state index contributed by atoms with van der Waals surface area (Å²) in [5.41, 5.74) is 2.26. The number of aromatic amines is 1. The highest BCUT2D eigenvalue weighted by molar-refractivity contribution is 6.51. The molecular formula is C29H25N3O6. The maximum atomic E-state index is 13.5. The number of Topliss-reactive ketones (excluding diaryl/α,β-unsaturated/α-hetero) is 1. The fraction of sp³-hybridized carbons (Fsp3) is 0.207. The van der Waals surface area contributed by atoms with Gasteiger partial charge in [0.05, 0.1) is 28.8 Å². The molecule has 6 rings (SSSR count). The average Bonchev–Trinajstić information content (AvgIpc) is 3.46. The summed E-state index contributed by atoms with van der Waals surface area (Å²) < 4.78 is 17.0. The number of para-hydroxylation sites is 2. The third-order valence-corrected chi connectivity index (χ3v) is 6.43. The molecule has 1 unspecified atom stereocenters. The van der Waals surface area contributed by atoms with E-state index in [4.69, 9.17) is 14.2 Å². The van der Waals surface area contributed by atoms with E-state index in [1.54, 1.807) is 42.5 Å². The molecule has 3 aromatic carbocycles. The van der Waals surface area contributed by atoms with Crippen LogP contribution in [-0.2, 0) is 9.59 Å². The number of hydrogen-bond acceptors (Lipinski definition) is 7. The molecule has 9 nitrogen and oxygen atoms in total. The monoisotopic (exact) mass is 511 g/mol. The number of fused-ring (bicyclic) bond motifs is 2. The Kier molecular flexibility index (Phi) is 5.75. The third-order valence-electron chi connectivity index (χ3n) is 6.43. The first-order valence-corrected chi connectivity index (χ1v) is 12.3. The first-order chi connectivity index (χ1) is 18.4. The van der Waals surface area contributed by atoms with Gasteiger partial charge in [-0.15, -0.1) is 0 Å².